The van der Waals surface area contributed by atoms with E-state index < -0.39 is 5.91 Å². The number of benzene rings is 3. The number of aromatic amines is 1. The highest BCUT2D eigenvalue weighted by Crippen LogP contribution is 2.36. The van der Waals surface area contributed by atoms with Gasteiger partial charge >= 0.3 is 0 Å². The van der Waals surface area contributed by atoms with Crippen LogP contribution >= 0.6 is 0 Å². The molecule has 0 saturated heterocycles. The molecular formula is C25H19N5O3. The van der Waals surface area contributed by atoms with Gasteiger partial charge in [-0.2, -0.15) is 0 Å². The van der Waals surface area contributed by atoms with Crippen LogP contribution in [0.2, 0.25) is 0 Å². The van der Waals surface area contributed by atoms with E-state index in [9.17, 15) is 14.7 Å². The Hall–Kier alpha value is -4.59. The summed E-state index contributed by atoms with van der Waals surface area (Å²) in [5.74, 6) is -0.975. The molecule has 0 radical (unpaired) electrons. The molecule has 4 aromatic rings. The van der Waals surface area contributed by atoms with E-state index in [4.69, 9.17) is 0 Å². The molecule has 3 aromatic carbocycles. The Labute approximate surface area is 188 Å². The van der Waals surface area contributed by atoms with Gasteiger partial charge in [0.2, 0.25) is 5.88 Å². The summed E-state index contributed by atoms with van der Waals surface area (Å²) in [5.41, 5.74) is 5.60. The van der Waals surface area contributed by atoms with E-state index in [2.05, 4.69) is 25.5 Å². The molecule has 2 heterocycles. The SMILES string of the molecule is Cc1ccc2c(c1)C(=Nc1ccc(C(=O)N=Nc3c(O)[nH]c4ccc(C)cc34)cc1)C(=O)N2. The summed E-state index contributed by atoms with van der Waals surface area (Å²) in [7, 11) is 0. The fourth-order valence-electron chi connectivity index (χ4n) is 3.72. The molecule has 0 spiro atoms. The highest BCUT2D eigenvalue weighted by molar-refractivity contribution is 6.54. The molecule has 162 valence electrons. The van der Waals surface area contributed by atoms with Gasteiger partial charge in [0.05, 0.1) is 16.9 Å². The third kappa shape index (κ3) is 3.78. The van der Waals surface area contributed by atoms with Crippen LogP contribution in [0.3, 0.4) is 0 Å². The lowest BCUT2D eigenvalue weighted by molar-refractivity contribution is -0.110. The normalized spacial score (nSPS) is 14.2. The number of hydrogen-bond donors (Lipinski definition) is 3. The molecule has 0 atom stereocenters. The van der Waals surface area contributed by atoms with E-state index in [1.54, 1.807) is 24.3 Å². The van der Waals surface area contributed by atoms with Crippen LogP contribution < -0.4 is 5.32 Å². The minimum atomic E-state index is -0.560. The Kier molecular flexibility index (Phi) is 4.82. The average molecular weight is 437 g/mol. The summed E-state index contributed by atoms with van der Waals surface area (Å²) in [6.45, 7) is 3.88. The first kappa shape index (κ1) is 20.3. The van der Waals surface area contributed by atoms with Gasteiger partial charge in [-0.1, -0.05) is 23.3 Å². The molecule has 0 unspecified atom stereocenters. The van der Waals surface area contributed by atoms with E-state index in [1.165, 1.54) is 0 Å². The molecule has 0 bridgehead atoms. The van der Waals surface area contributed by atoms with Crippen LogP contribution in [-0.2, 0) is 4.79 Å². The lowest BCUT2D eigenvalue weighted by Crippen LogP contribution is -2.13. The minimum absolute atomic E-state index is 0.149. The highest BCUT2D eigenvalue weighted by atomic mass is 16.3. The van der Waals surface area contributed by atoms with Crippen molar-refractivity contribution in [1.82, 2.24) is 4.98 Å². The van der Waals surface area contributed by atoms with Crippen molar-refractivity contribution in [2.75, 3.05) is 5.32 Å². The van der Waals surface area contributed by atoms with Gasteiger partial charge in [0.1, 0.15) is 5.71 Å². The predicted molar refractivity (Wildman–Crippen MR) is 126 cm³/mol. The summed E-state index contributed by atoms with van der Waals surface area (Å²) in [6.07, 6.45) is 0. The van der Waals surface area contributed by atoms with Crippen molar-refractivity contribution in [3.8, 4) is 5.88 Å². The summed E-state index contributed by atoms with van der Waals surface area (Å²) in [4.78, 5) is 32.1. The van der Waals surface area contributed by atoms with Gasteiger partial charge in [0, 0.05) is 16.5 Å². The van der Waals surface area contributed by atoms with E-state index >= 15 is 0 Å². The van der Waals surface area contributed by atoms with Gasteiger partial charge in [-0.3, -0.25) is 9.59 Å². The van der Waals surface area contributed by atoms with Crippen molar-refractivity contribution >= 4 is 45.5 Å². The van der Waals surface area contributed by atoms with Crippen LogP contribution in [0.4, 0.5) is 17.1 Å². The number of fused-ring (bicyclic) bond motifs is 2. The van der Waals surface area contributed by atoms with Crippen LogP contribution in [0.5, 0.6) is 5.88 Å². The van der Waals surface area contributed by atoms with Gasteiger partial charge in [-0.15, -0.1) is 10.2 Å². The highest BCUT2D eigenvalue weighted by Gasteiger charge is 2.25. The summed E-state index contributed by atoms with van der Waals surface area (Å²) in [5, 5.41) is 21.3. The predicted octanol–water partition coefficient (Wildman–Crippen LogP) is 5.49. The molecule has 8 nitrogen and oxygen atoms in total. The molecule has 0 saturated carbocycles. The summed E-state index contributed by atoms with van der Waals surface area (Å²) in [6, 6.07) is 17.7. The Morgan fingerprint density at radius 2 is 1.67 bits per heavy atom. The number of rotatable bonds is 3. The number of aromatic hydroxyl groups is 1. The first-order valence-corrected chi connectivity index (χ1v) is 10.3. The van der Waals surface area contributed by atoms with E-state index in [1.807, 2.05) is 50.2 Å². The Bertz CT molecular complexity index is 1500. The smallest absolute Gasteiger partial charge is 0.295 e. The van der Waals surface area contributed by atoms with E-state index in [-0.39, 0.29) is 17.5 Å². The molecule has 3 N–H and O–H groups in total. The number of H-pyrrole nitrogens is 1. The van der Waals surface area contributed by atoms with Crippen LogP contribution in [-0.4, -0.2) is 27.6 Å². The molecule has 2 amide bonds. The van der Waals surface area contributed by atoms with Crippen molar-refractivity contribution in [2.24, 2.45) is 15.2 Å². The van der Waals surface area contributed by atoms with E-state index in [0.717, 1.165) is 22.4 Å². The number of azo groups is 1. The first-order valence-electron chi connectivity index (χ1n) is 10.3. The first-order chi connectivity index (χ1) is 15.9. The number of carbonyl (C=O) groups is 2. The lowest BCUT2D eigenvalue weighted by atomic mass is 10.1. The minimum Gasteiger partial charge on any atom is -0.493 e. The molecule has 1 aromatic heterocycles. The standard InChI is InChI=1S/C25H19N5O3/c1-13-3-9-19-17(11-13)21(24(32)27-19)26-16-7-5-15(6-8-16)23(31)30-29-22-18-12-14(2)4-10-20(18)28-25(22)33/h3-12,28,33H,1-2H3,(H,26,27,32). The van der Waals surface area contributed by atoms with Gasteiger partial charge in [0.25, 0.3) is 11.8 Å². The van der Waals surface area contributed by atoms with Crippen LogP contribution in [0.25, 0.3) is 10.9 Å². The second kappa shape index (κ2) is 7.83. The molecule has 1 aliphatic heterocycles. The Balaban J connectivity index is 1.39. The fourth-order valence-corrected chi connectivity index (χ4v) is 3.72. The molecule has 8 heteroatoms. The van der Waals surface area contributed by atoms with Gasteiger partial charge in [0.15, 0.2) is 5.69 Å². The Morgan fingerprint density at radius 1 is 0.939 bits per heavy atom. The van der Waals surface area contributed by atoms with E-state index in [0.29, 0.717) is 27.9 Å². The van der Waals surface area contributed by atoms with Crippen molar-refractivity contribution in [3.05, 3.63) is 82.9 Å². The number of carbonyl (C=O) groups excluding carboxylic acids is 2. The average Bonchev–Trinajstić information content (AvgIpc) is 3.27. The number of nitrogens with one attached hydrogen (secondary N) is 2. The monoisotopic (exact) mass is 437 g/mol. The second-order valence-corrected chi connectivity index (χ2v) is 7.89. The molecule has 1 aliphatic rings. The maximum absolute atomic E-state index is 12.5. The van der Waals surface area contributed by atoms with Gasteiger partial charge < -0.3 is 15.4 Å². The molecular weight excluding hydrogens is 418 g/mol. The zero-order valence-electron chi connectivity index (χ0n) is 17.9. The third-order valence-corrected chi connectivity index (χ3v) is 5.40. The van der Waals surface area contributed by atoms with Crippen molar-refractivity contribution in [3.63, 3.8) is 0 Å². The third-order valence-electron chi connectivity index (χ3n) is 5.40. The fraction of sp³-hybridized carbons (Fsp3) is 0.0800. The number of amides is 2. The maximum atomic E-state index is 12.5. The maximum Gasteiger partial charge on any atom is 0.295 e. The van der Waals surface area contributed by atoms with Gasteiger partial charge in [-0.05, 0) is 62.4 Å². The summed E-state index contributed by atoms with van der Waals surface area (Å²) >= 11 is 0. The second-order valence-electron chi connectivity index (χ2n) is 7.89. The summed E-state index contributed by atoms with van der Waals surface area (Å²) < 4.78 is 0. The number of aliphatic imine (C=N–C) groups is 1. The van der Waals surface area contributed by atoms with Crippen LogP contribution in [0, 0.1) is 13.8 Å². The lowest BCUT2D eigenvalue weighted by Gasteiger charge is -2.01. The van der Waals surface area contributed by atoms with Crippen LogP contribution in [0.15, 0.2) is 75.9 Å². The van der Waals surface area contributed by atoms with Crippen molar-refractivity contribution in [1.29, 1.82) is 0 Å². The number of nitrogens with zero attached hydrogens (tertiary/aromatic N) is 3. The zero-order chi connectivity index (χ0) is 23.1. The van der Waals surface area contributed by atoms with Crippen molar-refractivity contribution < 1.29 is 14.7 Å². The Morgan fingerprint density at radius 3 is 2.45 bits per heavy atom. The molecule has 33 heavy (non-hydrogen) atoms. The number of anilines is 1. The largest absolute Gasteiger partial charge is 0.493 e. The van der Waals surface area contributed by atoms with Crippen LogP contribution in [0.1, 0.15) is 27.0 Å². The topological polar surface area (TPSA) is 119 Å². The molecule has 0 fully saturated rings. The van der Waals surface area contributed by atoms with Gasteiger partial charge in [-0.25, -0.2) is 4.99 Å². The number of aryl methyl sites for hydroxylation is 2. The number of hydrogen-bond acceptors (Lipinski definition) is 5. The molecule has 5 rings (SSSR count). The van der Waals surface area contributed by atoms with Crippen molar-refractivity contribution in [2.45, 2.75) is 13.8 Å². The number of aromatic nitrogens is 1. The quantitative estimate of drug-likeness (QED) is 0.368. The molecule has 0 aliphatic carbocycles. The zero-order valence-corrected chi connectivity index (χ0v) is 17.9.